The van der Waals surface area contributed by atoms with E-state index in [-0.39, 0.29) is 24.4 Å². The van der Waals surface area contributed by atoms with Gasteiger partial charge >= 0.3 is 0 Å². The molecule has 0 fully saturated rings. The minimum Gasteiger partial charge on any atom is -0.497 e. The lowest BCUT2D eigenvalue weighted by Gasteiger charge is -2.21. The van der Waals surface area contributed by atoms with Gasteiger partial charge in [-0.25, -0.2) is 0 Å². The number of hydrogen-bond acceptors (Lipinski definition) is 3. The van der Waals surface area contributed by atoms with E-state index in [1.807, 2.05) is 32.2 Å². The summed E-state index contributed by atoms with van der Waals surface area (Å²) in [5.41, 5.74) is 2.14. The van der Waals surface area contributed by atoms with Gasteiger partial charge in [-0.3, -0.25) is 9.59 Å². The fourth-order valence-corrected chi connectivity index (χ4v) is 3.17. The third kappa shape index (κ3) is 7.06. The van der Waals surface area contributed by atoms with Crippen molar-refractivity contribution in [2.45, 2.75) is 45.1 Å². The molecule has 1 aliphatic carbocycles. The Morgan fingerprint density at radius 3 is 2.81 bits per heavy atom. The van der Waals surface area contributed by atoms with Crippen LogP contribution in [0.4, 0.5) is 5.69 Å². The van der Waals surface area contributed by atoms with Crippen LogP contribution in [0.25, 0.3) is 0 Å². The first-order valence-corrected chi connectivity index (χ1v) is 9.71. The van der Waals surface area contributed by atoms with Crippen molar-refractivity contribution in [1.82, 2.24) is 5.32 Å². The van der Waals surface area contributed by atoms with E-state index in [2.05, 4.69) is 16.7 Å². The molecule has 0 aromatic heterocycles. The highest BCUT2D eigenvalue weighted by Gasteiger charge is 2.23. The van der Waals surface area contributed by atoms with E-state index in [9.17, 15) is 9.59 Å². The lowest BCUT2D eigenvalue weighted by molar-refractivity contribution is -0.885. The van der Waals surface area contributed by atoms with Gasteiger partial charge in [0.2, 0.25) is 0 Å². The molecule has 1 aromatic rings. The number of carbonyl (C=O) groups excluding carboxylic acids is 2. The monoisotopic (exact) mass is 374 g/mol. The lowest BCUT2D eigenvalue weighted by atomic mass is 9.97. The zero-order chi connectivity index (χ0) is 19.6. The molecule has 0 heterocycles. The number of benzene rings is 1. The van der Waals surface area contributed by atoms with Crippen LogP contribution in [0.2, 0.25) is 0 Å². The van der Waals surface area contributed by atoms with E-state index in [4.69, 9.17) is 4.74 Å². The first-order valence-electron chi connectivity index (χ1n) is 9.71. The molecule has 1 aromatic carbocycles. The Hall–Kier alpha value is -2.34. The van der Waals surface area contributed by atoms with Gasteiger partial charge < -0.3 is 20.3 Å². The number of anilines is 1. The Morgan fingerprint density at radius 1 is 1.30 bits per heavy atom. The van der Waals surface area contributed by atoms with Gasteiger partial charge in [0, 0.05) is 18.3 Å². The second-order valence-corrected chi connectivity index (χ2v) is 7.17. The summed E-state index contributed by atoms with van der Waals surface area (Å²) in [5, 5.41) is 5.85. The molecule has 6 heteroatoms. The smallest absolute Gasteiger partial charge is 0.279 e. The van der Waals surface area contributed by atoms with Crippen LogP contribution in [0.3, 0.4) is 0 Å². The Bertz CT molecular complexity index is 672. The first kappa shape index (κ1) is 21.0. The van der Waals surface area contributed by atoms with Crippen molar-refractivity contribution in [3.8, 4) is 5.75 Å². The Labute approximate surface area is 162 Å². The maximum atomic E-state index is 12.3. The minimum absolute atomic E-state index is 0.0157. The highest BCUT2D eigenvalue weighted by atomic mass is 16.5. The zero-order valence-electron chi connectivity index (χ0n) is 16.6. The van der Waals surface area contributed by atoms with Crippen LogP contribution in [0.15, 0.2) is 35.9 Å². The molecule has 1 unspecified atom stereocenters. The largest absolute Gasteiger partial charge is 0.497 e. The van der Waals surface area contributed by atoms with Gasteiger partial charge in [-0.1, -0.05) is 17.7 Å². The molecule has 0 radical (unpaired) electrons. The van der Waals surface area contributed by atoms with Gasteiger partial charge in [0.25, 0.3) is 11.8 Å². The van der Waals surface area contributed by atoms with Crippen molar-refractivity contribution in [2.24, 2.45) is 0 Å². The van der Waals surface area contributed by atoms with E-state index in [1.165, 1.54) is 18.4 Å². The average Bonchev–Trinajstić information content (AvgIpc) is 2.68. The summed E-state index contributed by atoms with van der Waals surface area (Å²) in [5.74, 6) is 0.542. The maximum Gasteiger partial charge on any atom is 0.279 e. The fraction of sp³-hybridized carbons (Fsp3) is 0.524. The summed E-state index contributed by atoms with van der Waals surface area (Å²) >= 11 is 0. The van der Waals surface area contributed by atoms with E-state index in [0.29, 0.717) is 18.0 Å². The third-order valence-electron chi connectivity index (χ3n) is 5.06. The Balaban J connectivity index is 1.74. The number of carbonyl (C=O) groups is 2. The molecule has 2 rings (SSSR count). The second kappa shape index (κ2) is 10.7. The van der Waals surface area contributed by atoms with E-state index in [1.54, 1.807) is 13.2 Å². The number of rotatable bonds is 9. The molecule has 0 spiro atoms. The van der Waals surface area contributed by atoms with Crippen molar-refractivity contribution in [3.63, 3.8) is 0 Å². The van der Waals surface area contributed by atoms with Crippen LogP contribution in [0.5, 0.6) is 5.75 Å². The molecule has 27 heavy (non-hydrogen) atoms. The topological polar surface area (TPSA) is 71.9 Å². The molecule has 1 aliphatic rings. The van der Waals surface area contributed by atoms with Gasteiger partial charge in [0.15, 0.2) is 12.6 Å². The number of nitrogens with one attached hydrogen (secondary N) is 3. The van der Waals surface area contributed by atoms with Gasteiger partial charge in [0.05, 0.1) is 14.2 Å². The van der Waals surface area contributed by atoms with E-state index >= 15 is 0 Å². The molecule has 6 nitrogen and oxygen atoms in total. The summed E-state index contributed by atoms with van der Waals surface area (Å²) in [6, 6.07) is 6.93. The summed E-state index contributed by atoms with van der Waals surface area (Å²) in [6.45, 7) is 2.73. The van der Waals surface area contributed by atoms with Crippen LogP contribution in [0.1, 0.15) is 39.0 Å². The number of quaternary nitrogens is 1. The molecule has 0 aliphatic heterocycles. The van der Waals surface area contributed by atoms with Crippen molar-refractivity contribution >= 4 is 17.5 Å². The molecular formula is C21H32N3O3+. The molecule has 148 valence electrons. The van der Waals surface area contributed by atoms with Crippen LogP contribution in [-0.2, 0) is 9.59 Å². The van der Waals surface area contributed by atoms with Crippen LogP contribution in [0, 0.1) is 0 Å². The predicted molar refractivity (Wildman–Crippen MR) is 107 cm³/mol. The minimum atomic E-state index is -0.290. The highest BCUT2D eigenvalue weighted by molar-refractivity contribution is 5.91. The quantitative estimate of drug-likeness (QED) is 0.574. The van der Waals surface area contributed by atoms with Gasteiger partial charge in [-0.2, -0.15) is 0 Å². The zero-order valence-corrected chi connectivity index (χ0v) is 16.6. The normalized spacial score (nSPS) is 16.0. The fourth-order valence-electron chi connectivity index (χ4n) is 3.17. The number of methoxy groups -OCH3 is 1. The summed E-state index contributed by atoms with van der Waals surface area (Å²) in [4.78, 5) is 25.5. The molecule has 3 N–H and O–H groups in total. The first-order chi connectivity index (χ1) is 13.0. The SMILES string of the molecule is COc1cccc(NC(=O)C[NH+](C)[C@@H](C)C(=O)NCCC2=CCCCC2)c1. The van der Waals surface area contributed by atoms with Crippen LogP contribution in [-0.4, -0.2) is 45.1 Å². The van der Waals surface area contributed by atoms with Gasteiger partial charge in [0.1, 0.15) is 5.75 Å². The number of likely N-dealkylation sites (N-methyl/N-ethyl adjacent to an activating group) is 1. The average molecular weight is 375 g/mol. The second-order valence-electron chi connectivity index (χ2n) is 7.17. The molecule has 2 atom stereocenters. The highest BCUT2D eigenvalue weighted by Crippen LogP contribution is 2.19. The standard InChI is InChI=1S/C21H31N3O3/c1-16(21(26)22-13-12-17-8-5-4-6-9-17)24(2)15-20(25)23-18-10-7-11-19(14-18)27-3/h7-8,10-11,14,16H,4-6,9,12-13,15H2,1-3H3,(H,22,26)(H,23,25)/p+1/t16-/m0/s1. The number of allylic oxidation sites excluding steroid dienone is 1. The number of hydrogen-bond donors (Lipinski definition) is 3. The van der Waals surface area contributed by atoms with Gasteiger partial charge in [-0.05, 0) is 51.2 Å². The van der Waals surface area contributed by atoms with Crippen LogP contribution < -0.4 is 20.3 Å². The van der Waals surface area contributed by atoms with E-state index in [0.717, 1.165) is 24.2 Å². The molecule has 0 saturated carbocycles. The summed E-state index contributed by atoms with van der Waals surface area (Å²) in [6.07, 6.45) is 8.08. The van der Waals surface area contributed by atoms with Gasteiger partial charge in [-0.15, -0.1) is 0 Å². The number of amides is 2. The van der Waals surface area contributed by atoms with E-state index < -0.39 is 0 Å². The van der Waals surface area contributed by atoms with Crippen molar-refractivity contribution in [3.05, 3.63) is 35.9 Å². The van der Waals surface area contributed by atoms with Crippen molar-refractivity contribution < 1.29 is 19.2 Å². The Morgan fingerprint density at radius 2 is 2.11 bits per heavy atom. The predicted octanol–water partition coefficient (Wildman–Crippen LogP) is 1.54. The Kier molecular flexibility index (Phi) is 8.33. The summed E-state index contributed by atoms with van der Waals surface area (Å²) < 4.78 is 5.16. The summed E-state index contributed by atoms with van der Waals surface area (Å²) in [7, 11) is 3.45. The molecular weight excluding hydrogens is 342 g/mol. The third-order valence-corrected chi connectivity index (χ3v) is 5.06. The lowest BCUT2D eigenvalue weighted by Crippen LogP contribution is -3.15. The molecule has 0 bridgehead atoms. The van der Waals surface area contributed by atoms with Crippen molar-refractivity contribution in [2.75, 3.05) is 32.6 Å². The number of ether oxygens (including phenoxy) is 1. The molecule has 2 amide bonds. The molecule has 0 saturated heterocycles. The maximum absolute atomic E-state index is 12.3. The van der Waals surface area contributed by atoms with Crippen LogP contribution >= 0.6 is 0 Å². The van der Waals surface area contributed by atoms with Crippen molar-refractivity contribution in [1.29, 1.82) is 0 Å².